The van der Waals surface area contributed by atoms with Gasteiger partial charge in [0.1, 0.15) is 0 Å². The molecule has 5 heteroatoms. The van der Waals surface area contributed by atoms with Gasteiger partial charge in [0.2, 0.25) is 0 Å². The summed E-state index contributed by atoms with van der Waals surface area (Å²) in [4.78, 5) is 0. The SMILES string of the molecule is CNC(=S)N1N=C(c2ccc(C)cc2)C[C@H]1c1ccc(Br)cc1. The molecule has 0 aliphatic carbocycles. The van der Waals surface area contributed by atoms with Gasteiger partial charge in [0.25, 0.3) is 0 Å². The monoisotopic (exact) mass is 387 g/mol. The van der Waals surface area contributed by atoms with Crippen LogP contribution in [0.25, 0.3) is 0 Å². The van der Waals surface area contributed by atoms with Crippen LogP contribution in [-0.4, -0.2) is 22.9 Å². The lowest BCUT2D eigenvalue weighted by Crippen LogP contribution is -2.34. The highest BCUT2D eigenvalue weighted by Gasteiger charge is 2.30. The Balaban J connectivity index is 1.93. The number of hydrogen-bond acceptors (Lipinski definition) is 2. The Morgan fingerprint density at radius 1 is 1.17 bits per heavy atom. The number of rotatable bonds is 2. The molecule has 0 aromatic heterocycles. The number of aryl methyl sites for hydroxylation is 1. The number of nitrogens with zero attached hydrogens (tertiary/aromatic N) is 2. The van der Waals surface area contributed by atoms with Crippen molar-refractivity contribution < 1.29 is 0 Å². The van der Waals surface area contributed by atoms with Crippen molar-refractivity contribution in [2.24, 2.45) is 5.10 Å². The number of benzene rings is 2. The molecule has 1 atom stereocenters. The molecule has 0 unspecified atom stereocenters. The highest BCUT2D eigenvalue weighted by atomic mass is 79.9. The van der Waals surface area contributed by atoms with Crippen LogP contribution in [0.1, 0.15) is 29.2 Å². The van der Waals surface area contributed by atoms with Crippen LogP contribution in [0.3, 0.4) is 0 Å². The molecule has 3 nitrogen and oxygen atoms in total. The van der Waals surface area contributed by atoms with Crippen LogP contribution < -0.4 is 5.32 Å². The van der Waals surface area contributed by atoms with Gasteiger partial charge < -0.3 is 5.32 Å². The van der Waals surface area contributed by atoms with Crippen molar-refractivity contribution >= 4 is 39.0 Å². The summed E-state index contributed by atoms with van der Waals surface area (Å²) in [6.45, 7) is 2.09. The molecule has 1 aliphatic heterocycles. The van der Waals surface area contributed by atoms with Gasteiger partial charge in [-0.1, -0.05) is 57.9 Å². The molecule has 1 heterocycles. The maximum atomic E-state index is 5.44. The van der Waals surface area contributed by atoms with Gasteiger partial charge in [-0.05, 0) is 42.4 Å². The molecule has 0 bridgehead atoms. The van der Waals surface area contributed by atoms with Crippen molar-refractivity contribution in [2.75, 3.05) is 7.05 Å². The molecule has 0 saturated carbocycles. The average molecular weight is 388 g/mol. The maximum Gasteiger partial charge on any atom is 0.189 e. The first-order valence-corrected chi connectivity index (χ1v) is 8.69. The smallest absolute Gasteiger partial charge is 0.189 e. The first-order valence-electron chi connectivity index (χ1n) is 7.49. The van der Waals surface area contributed by atoms with Crippen molar-refractivity contribution in [1.29, 1.82) is 0 Å². The minimum atomic E-state index is 0.124. The van der Waals surface area contributed by atoms with Gasteiger partial charge in [0.05, 0.1) is 11.8 Å². The van der Waals surface area contributed by atoms with Crippen LogP contribution in [-0.2, 0) is 0 Å². The van der Waals surface area contributed by atoms with E-state index in [4.69, 9.17) is 17.3 Å². The van der Waals surface area contributed by atoms with Crippen molar-refractivity contribution in [3.63, 3.8) is 0 Å². The van der Waals surface area contributed by atoms with Gasteiger partial charge in [-0.3, -0.25) is 0 Å². The largest absolute Gasteiger partial charge is 0.364 e. The van der Waals surface area contributed by atoms with Crippen LogP contribution >= 0.6 is 28.1 Å². The lowest BCUT2D eigenvalue weighted by atomic mass is 9.98. The minimum absolute atomic E-state index is 0.124. The first kappa shape index (κ1) is 16.1. The zero-order chi connectivity index (χ0) is 16.4. The van der Waals surface area contributed by atoms with E-state index in [1.54, 1.807) is 0 Å². The molecule has 1 aliphatic rings. The number of thiocarbonyl (C=S) groups is 1. The summed E-state index contributed by atoms with van der Waals surface area (Å²) in [5, 5.41) is 10.4. The molecule has 2 aromatic carbocycles. The van der Waals surface area contributed by atoms with Crippen LogP contribution in [0.4, 0.5) is 0 Å². The van der Waals surface area contributed by atoms with Gasteiger partial charge in [-0.25, -0.2) is 5.01 Å². The number of halogens is 1. The van der Waals surface area contributed by atoms with E-state index < -0.39 is 0 Å². The Bertz CT molecular complexity index is 738. The first-order chi connectivity index (χ1) is 11.1. The molecule has 0 amide bonds. The lowest BCUT2D eigenvalue weighted by molar-refractivity contribution is 0.366. The van der Waals surface area contributed by atoms with E-state index in [0.717, 1.165) is 22.2 Å². The molecule has 0 saturated heterocycles. The molecular weight excluding hydrogens is 370 g/mol. The van der Waals surface area contributed by atoms with E-state index in [2.05, 4.69) is 76.7 Å². The Kier molecular flexibility index (Phi) is 4.78. The third-order valence-corrected chi connectivity index (χ3v) is 4.89. The molecule has 3 rings (SSSR count). The van der Waals surface area contributed by atoms with E-state index in [0.29, 0.717) is 5.11 Å². The van der Waals surface area contributed by atoms with E-state index in [9.17, 15) is 0 Å². The van der Waals surface area contributed by atoms with E-state index in [1.165, 1.54) is 11.1 Å². The molecular formula is C18H18BrN3S. The fourth-order valence-electron chi connectivity index (χ4n) is 2.68. The topological polar surface area (TPSA) is 27.6 Å². The summed E-state index contributed by atoms with van der Waals surface area (Å²) < 4.78 is 1.07. The number of nitrogens with one attached hydrogen (secondary N) is 1. The number of hydrogen-bond donors (Lipinski definition) is 1. The average Bonchev–Trinajstić information content (AvgIpc) is 3.00. The molecule has 0 spiro atoms. The van der Waals surface area contributed by atoms with Crippen LogP contribution in [0.5, 0.6) is 0 Å². The summed E-state index contributed by atoms with van der Waals surface area (Å²) in [5.41, 5.74) is 4.67. The van der Waals surface area contributed by atoms with Gasteiger partial charge >= 0.3 is 0 Å². The molecule has 23 heavy (non-hydrogen) atoms. The van der Waals surface area contributed by atoms with E-state index in [-0.39, 0.29) is 6.04 Å². The van der Waals surface area contributed by atoms with Crippen molar-refractivity contribution in [3.8, 4) is 0 Å². The Morgan fingerprint density at radius 3 is 2.43 bits per heavy atom. The zero-order valence-electron chi connectivity index (χ0n) is 13.1. The maximum absolute atomic E-state index is 5.44. The fraction of sp³-hybridized carbons (Fsp3) is 0.222. The normalized spacial score (nSPS) is 17.1. The van der Waals surface area contributed by atoms with Crippen molar-refractivity contribution in [3.05, 3.63) is 69.7 Å². The zero-order valence-corrected chi connectivity index (χ0v) is 15.5. The molecule has 118 valence electrons. The summed E-state index contributed by atoms with van der Waals surface area (Å²) >= 11 is 8.93. The second-order valence-electron chi connectivity index (χ2n) is 5.58. The predicted molar refractivity (Wildman–Crippen MR) is 103 cm³/mol. The lowest BCUT2D eigenvalue weighted by Gasteiger charge is -2.23. The summed E-state index contributed by atoms with van der Waals surface area (Å²) in [7, 11) is 1.83. The summed E-state index contributed by atoms with van der Waals surface area (Å²) in [6.07, 6.45) is 0.840. The highest BCUT2D eigenvalue weighted by molar-refractivity contribution is 9.10. The third-order valence-electron chi connectivity index (χ3n) is 3.97. The van der Waals surface area contributed by atoms with Crippen molar-refractivity contribution in [1.82, 2.24) is 10.3 Å². The second kappa shape index (κ2) is 6.81. The molecule has 0 radical (unpaired) electrons. The second-order valence-corrected chi connectivity index (χ2v) is 6.89. The molecule has 0 fully saturated rings. The van der Waals surface area contributed by atoms with E-state index in [1.807, 2.05) is 12.1 Å². The van der Waals surface area contributed by atoms with E-state index >= 15 is 0 Å². The quantitative estimate of drug-likeness (QED) is 0.773. The third kappa shape index (κ3) is 3.46. The standard InChI is InChI=1S/C18H18BrN3S/c1-12-3-5-13(6-4-12)16-11-17(22(21-16)18(23)20-2)14-7-9-15(19)10-8-14/h3-10,17H,11H2,1-2H3,(H,20,23)/t17-/m0/s1. The summed E-state index contributed by atoms with van der Waals surface area (Å²) in [5.74, 6) is 0. The Labute approximate surface area is 150 Å². The highest BCUT2D eigenvalue weighted by Crippen LogP contribution is 2.33. The Hall–Kier alpha value is -1.72. The van der Waals surface area contributed by atoms with Gasteiger partial charge in [0, 0.05) is 17.9 Å². The molecule has 2 aromatic rings. The molecule has 1 N–H and O–H groups in total. The van der Waals surface area contributed by atoms with Crippen LogP contribution in [0.15, 0.2) is 58.1 Å². The van der Waals surface area contributed by atoms with Gasteiger partial charge in [-0.2, -0.15) is 5.10 Å². The van der Waals surface area contributed by atoms with Gasteiger partial charge in [-0.15, -0.1) is 0 Å². The summed E-state index contributed by atoms with van der Waals surface area (Å²) in [6, 6.07) is 17.0. The van der Waals surface area contributed by atoms with Gasteiger partial charge in [0.15, 0.2) is 5.11 Å². The van der Waals surface area contributed by atoms with Crippen LogP contribution in [0, 0.1) is 6.92 Å². The Morgan fingerprint density at radius 2 is 1.83 bits per heavy atom. The number of hydrazone groups is 1. The van der Waals surface area contributed by atoms with Crippen molar-refractivity contribution in [2.45, 2.75) is 19.4 Å². The minimum Gasteiger partial charge on any atom is -0.364 e. The van der Waals surface area contributed by atoms with Crippen LogP contribution in [0.2, 0.25) is 0 Å². The fourth-order valence-corrected chi connectivity index (χ4v) is 3.11. The predicted octanol–water partition coefficient (Wildman–Crippen LogP) is 4.41.